The molecule has 0 aliphatic heterocycles. The van der Waals surface area contributed by atoms with Gasteiger partial charge in [0, 0.05) is 13.6 Å². The second-order valence-electron chi connectivity index (χ2n) is 4.03. The number of amides is 1. The fourth-order valence-corrected chi connectivity index (χ4v) is 2.12. The average Bonchev–Trinajstić information content (AvgIpc) is 2.62. The largest absolute Gasteiger partial charge is 0.329 e. The minimum Gasteiger partial charge on any atom is -0.329 e. The second kappa shape index (κ2) is 4.51. The van der Waals surface area contributed by atoms with Crippen LogP contribution < -0.4 is 10.6 Å². The van der Waals surface area contributed by atoms with E-state index < -0.39 is 5.41 Å². The van der Waals surface area contributed by atoms with Crippen LogP contribution >= 0.6 is 22.9 Å². The molecule has 0 radical (unpaired) electrons. The van der Waals surface area contributed by atoms with Crippen LogP contribution in [0.15, 0.2) is 12.1 Å². The maximum Gasteiger partial charge on any atom is 0.234 e. The fourth-order valence-electron chi connectivity index (χ4n) is 1.13. The van der Waals surface area contributed by atoms with Crippen molar-refractivity contribution in [3.8, 4) is 0 Å². The summed E-state index contributed by atoms with van der Waals surface area (Å²) < 4.78 is 0.676. The highest BCUT2D eigenvalue weighted by molar-refractivity contribution is 7.20. The summed E-state index contributed by atoms with van der Waals surface area (Å²) in [5, 5.41) is 0.839. The lowest BCUT2D eigenvalue weighted by atomic mass is 9.92. The molecule has 0 saturated heterocycles. The lowest BCUT2D eigenvalue weighted by Gasteiger charge is -2.27. The van der Waals surface area contributed by atoms with Gasteiger partial charge in [-0.1, -0.05) is 11.6 Å². The van der Waals surface area contributed by atoms with E-state index in [1.165, 1.54) is 11.3 Å². The van der Waals surface area contributed by atoms with E-state index in [1.807, 2.05) is 19.9 Å². The molecule has 0 aromatic carbocycles. The molecule has 0 unspecified atom stereocenters. The number of nitrogens with zero attached hydrogens (tertiary/aromatic N) is 1. The summed E-state index contributed by atoms with van der Waals surface area (Å²) in [5.74, 6) is 0.00326. The molecule has 15 heavy (non-hydrogen) atoms. The SMILES string of the molecule is CN(C(=O)C(C)(C)CN)c1ccc(Cl)s1. The summed E-state index contributed by atoms with van der Waals surface area (Å²) in [5.41, 5.74) is 5.02. The van der Waals surface area contributed by atoms with Crippen LogP contribution in [-0.4, -0.2) is 19.5 Å². The summed E-state index contributed by atoms with van der Waals surface area (Å²) in [4.78, 5) is 13.6. The van der Waals surface area contributed by atoms with Gasteiger partial charge in [-0.2, -0.15) is 0 Å². The van der Waals surface area contributed by atoms with Crippen LogP contribution in [0.25, 0.3) is 0 Å². The van der Waals surface area contributed by atoms with E-state index in [0.717, 1.165) is 5.00 Å². The van der Waals surface area contributed by atoms with Gasteiger partial charge in [-0.15, -0.1) is 11.3 Å². The van der Waals surface area contributed by atoms with Gasteiger partial charge in [-0.3, -0.25) is 4.79 Å². The lowest BCUT2D eigenvalue weighted by molar-refractivity contribution is -0.125. The van der Waals surface area contributed by atoms with Crippen molar-refractivity contribution in [3.63, 3.8) is 0 Å². The van der Waals surface area contributed by atoms with E-state index >= 15 is 0 Å². The summed E-state index contributed by atoms with van der Waals surface area (Å²) in [6.45, 7) is 4.00. The Hall–Kier alpha value is -0.580. The Morgan fingerprint density at radius 3 is 2.60 bits per heavy atom. The molecule has 0 spiro atoms. The third-order valence-electron chi connectivity index (χ3n) is 2.28. The number of rotatable bonds is 3. The molecule has 2 N–H and O–H groups in total. The van der Waals surface area contributed by atoms with Crippen molar-refractivity contribution in [1.29, 1.82) is 0 Å². The predicted molar refractivity (Wildman–Crippen MR) is 65.6 cm³/mol. The Balaban J connectivity index is 2.86. The summed E-state index contributed by atoms with van der Waals surface area (Å²) in [6, 6.07) is 3.61. The molecular weight excluding hydrogens is 232 g/mol. The average molecular weight is 247 g/mol. The molecule has 1 heterocycles. The van der Waals surface area contributed by atoms with E-state index in [-0.39, 0.29) is 5.91 Å². The van der Waals surface area contributed by atoms with Crippen molar-refractivity contribution in [2.45, 2.75) is 13.8 Å². The van der Waals surface area contributed by atoms with Crippen molar-refractivity contribution < 1.29 is 4.79 Å². The molecule has 1 aromatic rings. The summed E-state index contributed by atoms with van der Waals surface area (Å²) in [7, 11) is 1.74. The van der Waals surface area contributed by atoms with Crippen LogP contribution in [-0.2, 0) is 4.79 Å². The standard InChI is InChI=1S/C10H15ClN2OS/c1-10(2,6-12)9(14)13(3)8-5-4-7(11)15-8/h4-5H,6,12H2,1-3H3. The van der Waals surface area contributed by atoms with E-state index in [9.17, 15) is 4.79 Å². The Labute approximate surface area is 98.8 Å². The Bertz CT molecular complexity index is 362. The first-order chi connectivity index (χ1) is 6.88. The molecule has 84 valence electrons. The lowest BCUT2D eigenvalue weighted by Crippen LogP contribution is -2.42. The van der Waals surface area contributed by atoms with Gasteiger partial charge in [0.25, 0.3) is 0 Å². The van der Waals surface area contributed by atoms with E-state index in [1.54, 1.807) is 18.0 Å². The second-order valence-corrected chi connectivity index (χ2v) is 5.72. The molecule has 0 atom stereocenters. The molecule has 0 bridgehead atoms. The van der Waals surface area contributed by atoms with E-state index in [4.69, 9.17) is 17.3 Å². The number of thiophene rings is 1. The molecule has 1 amide bonds. The number of anilines is 1. The molecule has 1 rings (SSSR count). The number of halogens is 1. The Kier molecular flexibility index (Phi) is 3.76. The smallest absolute Gasteiger partial charge is 0.234 e. The van der Waals surface area contributed by atoms with Crippen molar-refractivity contribution in [1.82, 2.24) is 0 Å². The predicted octanol–water partition coefficient (Wildman–Crippen LogP) is 2.35. The Morgan fingerprint density at radius 1 is 1.60 bits per heavy atom. The van der Waals surface area contributed by atoms with Crippen LogP contribution in [0.2, 0.25) is 4.34 Å². The minimum absolute atomic E-state index is 0.00326. The zero-order valence-corrected chi connectivity index (χ0v) is 10.7. The molecular formula is C10H15ClN2OS. The summed E-state index contributed by atoms with van der Waals surface area (Å²) in [6.07, 6.45) is 0. The van der Waals surface area contributed by atoms with Gasteiger partial charge in [0.1, 0.15) is 0 Å². The zero-order chi connectivity index (χ0) is 11.6. The molecule has 0 aliphatic carbocycles. The van der Waals surface area contributed by atoms with Crippen molar-refractivity contribution in [3.05, 3.63) is 16.5 Å². The van der Waals surface area contributed by atoms with Gasteiger partial charge in [-0.05, 0) is 26.0 Å². The topological polar surface area (TPSA) is 46.3 Å². The number of hydrogen-bond donors (Lipinski definition) is 1. The van der Waals surface area contributed by atoms with Crippen molar-refractivity contribution >= 4 is 33.8 Å². The van der Waals surface area contributed by atoms with Crippen molar-refractivity contribution in [2.75, 3.05) is 18.5 Å². The van der Waals surface area contributed by atoms with E-state index in [2.05, 4.69) is 0 Å². The van der Waals surface area contributed by atoms with Gasteiger partial charge >= 0.3 is 0 Å². The maximum atomic E-state index is 12.0. The van der Waals surface area contributed by atoms with Crippen LogP contribution in [0, 0.1) is 5.41 Å². The molecule has 0 fully saturated rings. The number of nitrogens with two attached hydrogens (primary N) is 1. The van der Waals surface area contributed by atoms with Crippen LogP contribution in [0.1, 0.15) is 13.8 Å². The molecule has 3 nitrogen and oxygen atoms in total. The highest BCUT2D eigenvalue weighted by Crippen LogP contribution is 2.31. The highest BCUT2D eigenvalue weighted by atomic mass is 35.5. The van der Waals surface area contributed by atoms with Gasteiger partial charge in [0.05, 0.1) is 14.8 Å². The monoisotopic (exact) mass is 246 g/mol. The van der Waals surface area contributed by atoms with Gasteiger partial charge in [0.15, 0.2) is 0 Å². The van der Waals surface area contributed by atoms with Crippen LogP contribution in [0.4, 0.5) is 5.00 Å². The molecule has 1 aromatic heterocycles. The highest BCUT2D eigenvalue weighted by Gasteiger charge is 2.29. The van der Waals surface area contributed by atoms with Gasteiger partial charge in [-0.25, -0.2) is 0 Å². The normalized spacial score (nSPS) is 11.5. The minimum atomic E-state index is -0.536. The summed E-state index contributed by atoms with van der Waals surface area (Å²) >= 11 is 7.19. The molecule has 0 saturated carbocycles. The first-order valence-corrected chi connectivity index (χ1v) is 5.81. The Morgan fingerprint density at radius 2 is 2.20 bits per heavy atom. The van der Waals surface area contributed by atoms with Gasteiger partial charge < -0.3 is 10.6 Å². The number of hydrogen-bond acceptors (Lipinski definition) is 3. The van der Waals surface area contributed by atoms with E-state index in [0.29, 0.717) is 10.9 Å². The maximum absolute atomic E-state index is 12.0. The fraction of sp³-hybridized carbons (Fsp3) is 0.500. The first kappa shape index (κ1) is 12.5. The molecule has 5 heteroatoms. The van der Waals surface area contributed by atoms with Crippen molar-refractivity contribution in [2.24, 2.45) is 11.1 Å². The number of carbonyl (C=O) groups is 1. The number of carbonyl (C=O) groups excluding carboxylic acids is 1. The quantitative estimate of drug-likeness (QED) is 0.890. The van der Waals surface area contributed by atoms with Gasteiger partial charge in [0.2, 0.25) is 5.91 Å². The van der Waals surface area contributed by atoms with Crippen LogP contribution in [0.3, 0.4) is 0 Å². The zero-order valence-electron chi connectivity index (χ0n) is 9.08. The molecule has 0 aliphatic rings. The third-order valence-corrected chi connectivity index (χ3v) is 3.59. The third kappa shape index (κ3) is 2.71. The first-order valence-electron chi connectivity index (χ1n) is 4.62. The van der Waals surface area contributed by atoms with Crippen LogP contribution in [0.5, 0.6) is 0 Å².